The molecule has 0 aromatic heterocycles. The monoisotopic (exact) mass is 404 g/mol. The van der Waals surface area contributed by atoms with Gasteiger partial charge in [0.2, 0.25) is 0 Å². The molecule has 1 aliphatic carbocycles. The first-order valence-corrected chi connectivity index (χ1v) is 11.1. The molecule has 1 saturated heterocycles. The number of nitrogens with one attached hydrogen (secondary N) is 1. The molecule has 2 N–H and O–H groups in total. The third-order valence-electron chi connectivity index (χ3n) is 6.13. The van der Waals surface area contributed by atoms with E-state index in [0.29, 0.717) is 12.6 Å². The molecule has 0 spiro atoms. The molecule has 1 atom stereocenters. The number of hydrogen-bond acceptors (Lipinski definition) is 6. The van der Waals surface area contributed by atoms with Crippen molar-refractivity contribution in [1.29, 1.82) is 0 Å². The van der Waals surface area contributed by atoms with Crippen molar-refractivity contribution in [1.82, 2.24) is 10.2 Å². The Hall–Kier alpha value is -1.63. The quantitative estimate of drug-likeness (QED) is 0.617. The summed E-state index contributed by atoms with van der Waals surface area (Å²) in [6, 6.07) is 8.77. The third-order valence-corrected chi connectivity index (χ3v) is 6.13. The molecule has 6 heteroatoms. The fourth-order valence-corrected chi connectivity index (χ4v) is 4.38. The molecule has 0 unspecified atom stereocenters. The van der Waals surface area contributed by atoms with Crippen LogP contribution in [0.2, 0.25) is 0 Å². The van der Waals surface area contributed by atoms with Gasteiger partial charge >= 0.3 is 5.97 Å². The molecule has 1 saturated carbocycles. The van der Waals surface area contributed by atoms with Crippen LogP contribution in [0.3, 0.4) is 0 Å². The molecule has 6 nitrogen and oxygen atoms in total. The van der Waals surface area contributed by atoms with Crippen LogP contribution >= 0.6 is 0 Å². The number of piperidine rings is 1. The van der Waals surface area contributed by atoms with Crippen LogP contribution in [0, 0.1) is 5.92 Å². The van der Waals surface area contributed by atoms with E-state index in [1.54, 1.807) is 0 Å². The fourth-order valence-electron chi connectivity index (χ4n) is 4.38. The summed E-state index contributed by atoms with van der Waals surface area (Å²) in [6.07, 6.45) is 7.62. The number of esters is 1. The Morgan fingerprint density at radius 3 is 2.69 bits per heavy atom. The number of benzene rings is 1. The molecule has 1 aromatic rings. The van der Waals surface area contributed by atoms with Gasteiger partial charge in [0.15, 0.2) is 0 Å². The molecule has 0 radical (unpaired) electrons. The standard InChI is InChI=1S/C23H36N2O4/c1-28-23(27)19-10-12-25(13-11-19)16-21(26)17-29-22-9-5-6-18(14-22)15-24-20-7-3-2-4-8-20/h5-6,9,14,19-21,24,26H,2-4,7-8,10-13,15-17H2,1H3/t21-/m0/s1. The Labute approximate surface area is 174 Å². The van der Waals surface area contributed by atoms with E-state index in [0.717, 1.165) is 38.2 Å². The van der Waals surface area contributed by atoms with E-state index < -0.39 is 6.10 Å². The average molecular weight is 405 g/mol. The number of nitrogens with zero attached hydrogens (tertiary/aromatic N) is 1. The van der Waals surface area contributed by atoms with Crippen LogP contribution in [0.15, 0.2) is 24.3 Å². The van der Waals surface area contributed by atoms with Gasteiger partial charge in [-0.15, -0.1) is 0 Å². The zero-order valence-electron chi connectivity index (χ0n) is 17.6. The average Bonchev–Trinajstić information content (AvgIpc) is 2.77. The van der Waals surface area contributed by atoms with E-state index in [-0.39, 0.29) is 18.5 Å². The van der Waals surface area contributed by atoms with Crippen molar-refractivity contribution >= 4 is 5.97 Å². The topological polar surface area (TPSA) is 71.0 Å². The molecule has 1 aromatic carbocycles. The number of hydrogen-bond donors (Lipinski definition) is 2. The van der Waals surface area contributed by atoms with Crippen LogP contribution in [0.25, 0.3) is 0 Å². The number of rotatable bonds is 9. The summed E-state index contributed by atoms with van der Waals surface area (Å²) in [7, 11) is 1.44. The molecular weight excluding hydrogens is 368 g/mol. The summed E-state index contributed by atoms with van der Waals surface area (Å²) in [4.78, 5) is 13.8. The Morgan fingerprint density at radius 2 is 1.97 bits per heavy atom. The summed E-state index contributed by atoms with van der Waals surface area (Å²) < 4.78 is 10.7. The molecule has 162 valence electrons. The normalized spacial score (nSPS) is 20.3. The molecule has 29 heavy (non-hydrogen) atoms. The third kappa shape index (κ3) is 7.28. The van der Waals surface area contributed by atoms with Gasteiger partial charge in [0.05, 0.1) is 13.0 Å². The van der Waals surface area contributed by atoms with Crippen LogP contribution in [-0.4, -0.2) is 61.5 Å². The molecule has 3 rings (SSSR count). The molecule has 1 aliphatic heterocycles. The van der Waals surface area contributed by atoms with Gasteiger partial charge in [-0.3, -0.25) is 4.79 Å². The number of methoxy groups -OCH3 is 1. The lowest BCUT2D eigenvalue weighted by molar-refractivity contribution is -0.147. The highest BCUT2D eigenvalue weighted by Gasteiger charge is 2.26. The van der Waals surface area contributed by atoms with Crippen LogP contribution < -0.4 is 10.1 Å². The number of carbonyl (C=O) groups excluding carboxylic acids is 1. The molecule has 0 bridgehead atoms. The Kier molecular flexibility index (Phi) is 8.77. The minimum atomic E-state index is -0.548. The number of likely N-dealkylation sites (tertiary alicyclic amines) is 1. The predicted molar refractivity (Wildman–Crippen MR) is 113 cm³/mol. The first-order chi connectivity index (χ1) is 14.1. The Morgan fingerprint density at radius 1 is 1.21 bits per heavy atom. The van der Waals surface area contributed by atoms with Gasteiger partial charge in [0.1, 0.15) is 18.5 Å². The summed E-state index contributed by atoms with van der Waals surface area (Å²) in [5.74, 6) is 0.678. The van der Waals surface area contributed by atoms with E-state index in [1.165, 1.54) is 44.8 Å². The lowest BCUT2D eigenvalue weighted by Crippen LogP contribution is -2.42. The first-order valence-electron chi connectivity index (χ1n) is 11.1. The molecular formula is C23H36N2O4. The van der Waals surface area contributed by atoms with E-state index in [2.05, 4.69) is 22.3 Å². The highest BCUT2D eigenvalue weighted by molar-refractivity contribution is 5.72. The predicted octanol–water partition coefficient (Wildman–Crippen LogP) is 2.73. The van der Waals surface area contributed by atoms with Crippen molar-refractivity contribution in [3.05, 3.63) is 29.8 Å². The minimum absolute atomic E-state index is 0.00500. The highest BCUT2D eigenvalue weighted by Crippen LogP contribution is 2.20. The van der Waals surface area contributed by atoms with Gasteiger partial charge < -0.3 is 24.8 Å². The van der Waals surface area contributed by atoms with Crippen LogP contribution in [0.1, 0.15) is 50.5 Å². The Balaban J connectivity index is 1.36. The van der Waals surface area contributed by atoms with E-state index in [9.17, 15) is 9.90 Å². The summed E-state index contributed by atoms with van der Waals surface area (Å²) in [6.45, 7) is 3.31. The lowest BCUT2D eigenvalue weighted by Gasteiger charge is -2.31. The van der Waals surface area contributed by atoms with Crippen molar-refractivity contribution in [2.24, 2.45) is 5.92 Å². The van der Waals surface area contributed by atoms with Crippen LogP contribution in [-0.2, 0) is 16.1 Å². The number of aliphatic hydroxyl groups excluding tert-OH is 1. The second kappa shape index (κ2) is 11.5. The SMILES string of the molecule is COC(=O)C1CCN(C[C@H](O)COc2cccc(CNC3CCCCC3)c2)CC1. The van der Waals surface area contributed by atoms with Crippen molar-refractivity contribution in [3.63, 3.8) is 0 Å². The van der Waals surface area contributed by atoms with Gasteiger partial charge in [-0.25, -0.2) is 0 Å². The maximum atomic E-state index is 11.6. The second-order valence-corrected chi connectivity index (χ2v) is 8.43. The summed E-state index contributed by atoms with van der Waals surface area (Å²) >= 11 is 0. The molecule has 2 fully saturated rings. The number of aliphatic hydroxyl groups is 1. The van der Waals surface area contributed by atoms with Gasteiger partial charge in [0, 0.05) is 19.1 Å². The van der Waals surface area contributed by atoms with Crippen LogP contribution in [0.5, 0.6) is 5.75 Å². The van der Waals surface area contributed by atoms with Gasteiger partial charge in [-0.2, -0.15) is 0 Å². The van der Waals surface area contributed by atoms with E-state index in [1.807, 2.05) is 12.1 Å². The van der Waals surface area contributed by atoms with Gasteiger partial charge in [-0.1, -0.05) is 31.4 Å². The molecule has 0 amide bonds. The number of ether oxygens (including phenoxy) is 2. The summed E-state index contributed by atoms with van der Waals surface area (Å²) in [5.41, 5.74) is 1.22. The highest BCUT2D eigenvalue weighted by atomic mass is 16.5. The zero-order chi connectivity index (χ0) is 20.5. The van der Waals surface area contributed by atoms with Crippen molar-refractivity contribution in [3.8, 4) is 5.75 Å². The van der Waals surface area contributed by atoms with Gasteiger partial charge in [-0.05, 0) is 56.5 Å². The Bertz CT molecular complexity index is 625. The summed E-state index contributed by atoms with van der Waals surface area (Å²) in [5, 5.41) is 14.0. The number of β-amino-alcohol motifs (C(OH)–C–C–N with tert-alkyl or cyclic N) is 1. The second-order valence-electron chi connectivity index (χ2n) is 8.43. The maximum Gasteiger partial charge on any atom is 0.308 e. The van der Waals surface area contributed by atoms with Crippen molar-refractivity contribution < 1.29 is 19.4 Å². The number of carbonyl (C=O) groups is 1. The molecule has 2 aliphatic rings. The van der Waals surface area contributed by atoms with Crippen LogP contribution in [0.4, 0.5) is 0 Å². The van der Waals surface area contributed by atoms with Gasteiger partial charge in [0.25, 0.3) is 0 Å². The van der Waals surface area contributed by atoms with E-state index in [4.69, 9.17) is 9.47 Å². The first kappa shape index (κ1) is 22.1. The van der Waals surface area contributed by atoms with Crippen molar-refractivity contribution in [2.75, 3.05) is 33.4 Å². The lowest BCUT2D eigenvalue weighted by atomic mass is 9.95. The maximum absolute atomic E-state index is 11.6. The van der Waals surface area contributed by atoms with E-state index >= 15 is 0 Å². The molecule has 1 heterocycles. The minimum Gasteiger partial charge on any atom is -0.491 e. The smallest absolute Gasteiger partial charge is 0.308 e. The fraction of sp³-hybridized carbons (Fsp3) is 0.696. The van der Waals surface area contributed by atoms with Crippen molar-refractivity contribution in [2.45, 2.75) is 63.6 Å². The largest absolute Gasteiger partial charge is 0.491 e. The zero-order valence-corrected chi connectivity index (χ0v) is 17.6.